The normalized spacial score (nSPS) is 18.3. The van der Waals surface area contributed by atoms with Gasteiger partial charge in [-0.05, 0) is 30.5 Å². The first-order valence-electron chi connectivity index (χ1n) is 9.31. The van der Waals surface area contributed by atoms with Crippen molar-refractivity contribution < 1.29 is 18.7 Å². The maximum atomic E-state index is 13.1. The highest BCUT2D eigenvalue weighted by atomic mass is 19.1. The molecule has 1 aromatic rings. The second-order valence-corrected chi connectivity index (χ2v) is 7.00. The van der Waals surface area contributed by atoms with E-state index < -0.39 is 0 Å². The number of carbonyl (C=O) groups is 2. The first kappa shape index (κ1) is 20.4. The molecule has 1 atom stereocenters. The number of ether oxygens (including phenoxy) is 1. The highest BCUT2D eigenvalue weighted by Gasteiger charge is 2.33. The Morgan fingerprint density at radius 3 is 2.62 bits per heavy atom. The fourth-order valence-corrected chi connectivity index (χ4v) is 3.23. The predicted molar refractivity (Wildman–Crippen MR) is 97.9 cm³/mol. The van der Waals surface area contributed by atoms with Crippen LogP contribution in [0, 0.1) is 11.7 Å². The molecular formula is C20H29FN2O3. The fourth-order valence-electron chi connectivity index (χ4n) is 3.23. The van der Waals surface area contributed by atoms with Crippen molar-refractivity contribution in [2.24, 2.45) is 5.92 Å². The minimum atomic E-state index is -0.289. The highest BCUT2D eigenvalue weighted by molar-refractivity contribution is 5.80. The van der Waals surface area contributed by atoms with Crippen molar-refractivity contribution in [2.75, 3.05) is 26.3 Å². The van der Waals surface area contributed by atoms with Crippen molar-refractivity contribution in [3.8, 4) is 0 Å². The minimum Gasteiger partial charge on any atom is -0.381 e. The predicted octanol–water partition coefficient (Wildman–Crippen LogP) is 2.84. The van der Waals surface area contributed by atoms with Crippen LogP contribution in [0.4, 0.5) is 4.39 Å². The molecular weight excluding hydrogens is 335 g/mol. The van der Waals surface area contributed by atoms with Gasteiger partial charge in [0.05, 0.1) is 19.1 Å². The van der Waals surface area contributed by atoms with E-state index >= 15 is 0 Å². The van der Waals surface area contributed by atoms with Gasteiger partial charge in [0.2, 0.25) is 11.8 Å². The molecule has 1 aliphatic heterocycles. The Balaban J connectivity index is 2.11. The molecule has 0 bridgehead atoms. The SMILES string of the molecule is CCOCCC(=O)N1CCC(=O)N(Cc2ccc(F)cc2)C(C(C)C)C1. The lowest BCUT2D eigenvalue weighted by Gasteiger charge is -2.34. The van der Waals surface area contributed by atoms with Crippen molar-refractivity contribution in [2.45, 2.75) is 46.2 Å². The second kappa shape index (κ2) is 9.67. The lowest BCUT2D eigenvalue weighted by Crippen LogP contribution is -2.47. The number of halogens is 1. The van der Waals surface area contributed by atoms with E-state index in [2.05, 4.69) is 13.8 Å². The molecule has 1 fully saturated rings. The summed E-state index contributed by atoms with van der Waals surface area (Å²) >= 11 is 0. The minimum absolute atomic E-state index is 0.0283. The van der Waals surface area contributed by atoms with Gasteiger partial charge in [-0.1, -0.05) is 26.0 Å². The van der Waals surface area contributed by atoms with Gasteiger partial charge in [-0.15, -0.1) is 0 Å². The molecule has 26 heavy (non-hydrogen) atoms. The number of hydrogen-bond acceptors (Lipinski definition) is 3. The average Bonchev–Trinajstić information content (AvgIpc) is 2.77. The molecule has 2 amide bonds. The van der Waals surface area contributed by atoms with Gasteiger partial charge in [0.15, 0.2) is 0 Å². The molecule has 0 N–H and O–H groups in total. The maximum Gasteiger partial charge on any atom is 0.224 e. The van der Waals surface area contributed by atoms with Crippen LogP contribution >= 0.6 is 0 Å². The van der Waals surface area contributed by atoms with Crippen LogP contribution in [0.2, 0.25) is 0 Å². The van der Waals surface area contributed by atoms with E-state index in [-0.39, 0.29) is 29.6 Å². The molecule has 1 heterocycles. The number of hydrogen-bond donors (Lipinski definition) is 0. The Bertz CT molecular complexity index is 604. The van der Waals surface area contributed by atoms with Crippen molar-refractivity contribution in [3.05, 3.63) is 35.6 Å². The average molecular weight is 364 g/mol. The van der Waals surface area contributed by atoms with Gasteiger partial charge in [0, 0.05) is 32.7 Å². The third-order valence-corrected chi connectivity index (χ3v) is 4.78. The van der Waals surface area contributed by atoms with Crippen LogP contribution in [0.25, 0.3) is 0 Å². The molecule has 0 saturated carbocycles. The van der Waals surface area contributed by atoms with Gasteiger partial charge >= 0.3 is 0 Å². The summed E-state index contributed by atoms with van der Waals surface area (Å²) in [6, 6.07) is 6.16. The van der Waals surface area contributed by atoms with Crippen LogP contribution < -0.4 is 0 Å². The molecule has 1 aliphatic rings. The molecule has 6 heteroatoms. The number of benzene rings is 1. The summed E-state index contributed by atoms with van der Waals surface area (Å²) in [6.45, 7) is 8.41. The van der Waals surface area contributed by atoms with E-state index in [0.717, 1.165) is 5.56 Å². The first-order chi connectivity index (χ1) is 12.4. The summed E-state index contributed by atoms with van der Waals surface area (Å²) in [5, 5.41) is 0. The zero-order valence-electron chi connectivity index (χ0n) is 15.9. The molecule has 1 saturated heterocycles. The third kappa shape index (κ3) is 5.53. The van der Waals surface area contributed by atoms with Crippen molar-refractivity contribution in [1.29, 1.82) is 0 Å². The van der Waals surface area contributed by atoms with E-state index in [1.807, 2.05) is 11.8 Å². The smallest absolute Gasteiger partial charge is 0.224 e. The highest BCUT2D eigenvalue weighted by Crippen LogP contribution is 2.21. The molecule has 1 aromatic carbocycles. The number of rotatable bonds is 7. The van der Waals surface area contributed by atoms with Crippen LogP contribution in [0.3, 0.4) is 0 Å². The van der Waals surface area contributed by atoms with Gasteiger partial charge in [-0.25, -0.2) is 4.39 Å². The Labute approximate surface area is 155 Å². The van der Waals surface area contributed by atoms with Crippen molar-refractivity contribution in [3.63, 3.8) is 0 Å². The zero-order valence-corrected chi connectivity index (χ0v) is 15.9. The van der Waals surface area contributed by atoms with Crippen LogP contribution in [-0.2, 0) is 20.9 Å². The zero-order chi connectivity index (χ0) is 19.1. The van der Waals surface area contributed by atoms with E-state index in [1.54, 1.807) is 17.0 Å². The van der Waals surface area contributed by atoms with Gasteiger partial charge in [-0.3, -0.25) is 9.59 Å². The van der Waals surface area contributed by atoms with Crippen LogP contribution in [0.1, 0.15) is 39.2 Å². The summed E-state index contributed by atoms with van der Waals surface area (Å²) in [6.07, 6.45) is 0.648. The Hall–Kier alpha value is -1.95. The van der Waals surface area contributed by atoms with E-state index in [0.29, 0.717) is 45.7 Å². The van der Waals surface area contributed by atoms with Crippen molar-refractivity contribution in [1.82, 2.24) is 9.80 Å². The summed E-state index contributed by atoms with van der Waals surface area (Å²) in [7, 11) is 0. The third-order valence-electron chi connectivity index (χ3n) is 4.78. The monoisotopic (exact) mass is 364 g/mol. The van der Waals surface area contributed by atoms with Crippen LogP contribution in [0.5, 0.6) is 0 Å². The second-order valence-electron chi connectivity index (χ2n) is 7.00. The summed E-state index contributed by atoms with van der Waals surface area (Å²) in [5.74, 6) is -0.0178. The fraction of sp³-hybridized carbons (Fsp3) is 0.600. The largest absolute Gasteiger partial charge is 0.381 e. The van der Waals surface area contributed by atoms with E-state index in [1.165, 1.54) is 12.1 Å². The number of amides is 2. The summed E-state index contributed by atoms with van der Waals surface area (Å²) in [5.41, 5.74) is 0.890. The van der Waals surface area contributed by atoms with Crippen molar-refractivity contribution >= 4 is 11.8 Å². The topological polar surface area (TPSA) is 49.9 Å². The molecule has 1 unspecified atom stereocenters. The lowest BCUT2D eigenvalue weighted by molar-refractivity contribution is -0.134. The summed E-state index contributed by atoms with van der Waals surface area (Å²) < 4.78 is 18.4. The molecule has 0 spiro atoms. The Morgan fingerprint density at radius 1 is 1.31 bits per heavy atom. The molecule has 0 radical (unpaired) electrons. The van der Waals surface area contributed by atoms with Gasteiger partial charge < -0.3 is 14.5 Å². The van der Waals surface area contributed by atoms with Gasteiger partial charge in [0.1, 0.15) is 5.82 Å². The standard InChI is InChI=1S/C20H29FN2O3/c1-4-26-12-10-19(24)22-11-9-20(25)23(18(14-22)15(2)3)13-16-5-7-17(21)8-6-16/h5-8,15,18H,4,9-14H2,1-3H3. The van der Waals surface area contributed by atoms with E-state index in [4.69, 9.17) is 4.74 Å². The quantitative estimate of drug-likeness (QED) is 0.699. The lowest BCUT2D eigenvalue weighted by atomic mass is 10.0. The van der Waals surface area contributed by atoms with Crippen LogP contribution in [0.15, 0.2) is 24.3 Å². The van der Waals surface area contributed by atoms with Crippen LogP contribution in [-0.4, -0.2) is 54.0 Å². The summed E-state index contributed by atoms with van der Waals surface area (Å²) in [4.78, 5) is 28.8. The molecule has 0 aliphatic carbocycles. The Kier molecular flexibility index (Phi) is 7.57. The maximum absolute atomic E-state index is 13.1. The molecule has 2 rings (SSSR count). The Morgan fingerprint density at radius 2 is 2.00 bits per heavy atom. The van der Waals surface area contributed by atoms with Gasteiger partial charge in [-0.2, -0.15) is 0 Å². The molecule has 0 aromatic heterocycles. The number of nitrogens with zero attached hydrogens (tertiary/aromatic N) is 2. The first-order valence-corrected chi connectivity index (χ1v) is 9.31. The van der Waals surface area contributed by atoms with Gasteiger partial charge in [0.25, 0.3) is 0 Å². The van der Waals surface area contributed by atoms with E-state index in [9.17, 15) is 14.0 Å². The number of carbonyl (C=O) groups excluding carboxylic acids is 2. The molecule has 144 valence electrons. The molecule has 5 nitrogen and oxygen atoms in total.